The summed E-state index contributed by atoms with van der Waals surface area (Å²) in [7, 11) is 0. The standard InChI is InChI=1S/C10H22N2O/c1-9(11)4-6-12-8-10(2)5-3-7-13-10/h9,12H,3-8,11H2,1-2H3. The van der Waals surface area contributed by atoms with Gasteiger partial charge in [-0.15, -0.1) is 0 Å². The molecule has 3 nitrogen and oxygen atoms in total. The number of nitrogens with two attached hydrogens (primary N) is 1. The molecule has 2 unspecified atom stereocenters. The van der Waals surface area contributed by atoms with Crippen LogP contribution in [0.5, 0.6) is 0 Å². The molecular formula is C10H22N2O. The summed E-state index contributed by atoms with van der Waals surface area (Å²) < 4.78 is 5.65. The highest BCUT2D eigenvalue weighted by Gasteiger charge is 2.28. The minimum Gasteiger partial charge on any atom is -0.374 e. The van der Waals surface area contributed by atoms with E-state index in [4.69, 9.17) is 10.5 Å². The van der Waals surface area contributed by atoms with E-state index < -0.39 is 0 Å². The van der Waals surface area contributed by atoms with E-state index in [-0.39, 0.29) is 5.60 Å². The molecule has 1 fully saturated rings. The SMILES string of the molecule is CC(N)CCNCC1(C)CCCO1. The fourth-order valence-electron chi connectivity index (χ4n) is 1.66. The average molecular weight is 186 g/mol. The second-order valence-electron chi connectivity index (χ2n) is 4.34. The molecule has 0 aromatic heterocycles. The summed E-state index contributed by atoms with van der Waals surface area (Å²) in [6.07, 6.45) is 3.42. The summed E-state index contributed by atoms with van der Waals surface area (Å²) in [5.74, 6) is 0. The van der Waals surface area contributed by atoms with Gasteiger partial charge in [-0.25, -0.2) is 0 Å². The van der Waals surface area contributed by atoms with Gasteiger partial charge in [0.1, 0.15) is 0 Å². The van der Waals surface area contributed by atoms with Crippen molar-refractivity contribution in [1.29, 1.82) is 0 Å². The average Bonchev–Trinajstić information content (AvgIpc) is 2.47. The smallest absolute Gasteiger partial charge is 0.0779 e. The van der Waals surface area contributed by atoms with Gasteiger partial charge in [0.15, 0.2) is 0 Å². The summed E-state index contributed by atoms with van der Waals surface area (Å²) in [5.41, 5.74) is 5.73. The van der Waals surface area contributed by atoms with Crippen LogP contribution in [0.4, 0.5) is 0 Å². The lowest BCUT2D eigenvalue weighted by molar-refractivity contribution is 0.0209. The lowest BCUT2D eigenvalue weighted by atomic mass is 10.0. The molecule has 1 aliphatic rings. The first-order valence-corrected chi connectivity index (χ1v) is 5.23. The van der Waals surface area contributed by atoms with Gasteiger partial charge < -0.3 is 15.8 Å². The van der Waals surface area contributed by atoms with Crippen molar-refractivity contribution in [3.05, 3.63) is 0 Å². The Morgan fingerprint density at radius 1 is 1.62 bits per heavy atom. The highest BCUT2D eigenvalue weighted by atomic mass is 16.5. The molecule has 1 saturated heterocycles. The molecule has 0 saturated carbocycles. The molecular weight excluding hydrogens is 164 g/mol. The van der Waals surface area contributed by atoms with Crippen LogP contribution < -0.4 is 11.1 Å². The normalized spacial score (nSPS) is 30.7. The van der Waals surface area contributed by atoms with Gasteiger partial charge in [0.25, 0.3) is 0 Å². The van der Waals surface area contributed by atoms with E-state index in [2.05, 4.69) is 12.2 Å². The molecule has 0 aromatic carbocycles. The van der Waals surface area contributed by atoms with Crippen LogP contribution in [-0.4, -0.2) is 31.3 Å². The van der Waals surface area contributed by atoms with Crippen molar-refractivity contribution < 1.29 is 4.74 Å². The predicted octanol–water partition coefficient (Wildman–Crippen LogP) is 0.882. The maximum absolute atomic E-state index is 5.65. The summed E-state index contributed by atoms with van der Waals surface area (Å²) in [4.78, 5) is 0. The number of nitrogens with one attached hydrogen (secondary N) is 1. The summed E-state index contributed by atoms with van der Waals surface area (Å²) in [6, 6.07) is 0.296. The highest BCUT2D eigenvalue weighted by molar-refractivity contribution is 4.82. The van der Waals surface area contributed by atoms with E-state index in [1.807, 2.05) is 6.92 Å². The number of ether oxygens (including phenoxy) is 1. The second-order valence-corrected chi connectivity index (χ2v) is 4.34. The zero-order valence-electron chi connectivity index (χ0n) is 8.81. The molecule has 1 heterocycles. The minimum atomic E-state index is 0.0812. The lowest BCUT2D eigenvalue weighted by Gasteiger charge is -2.23. The molecule has 3 N–H and O–H groups in total. The van der Waals surface area contributed by atoms with Crippen molar-refractivity contribution in [2.45, 2.75) is 44.8 Å². The second kappa shape index (κ2) is 4.94. The van der Waals surface area contributed by atoms with Crippen LogP contribution in [0.1, 0.15) is 33.1 Å². The topological polar surface area (TPSA) is 47.3 Å². The molecule has 0 aromatic rings. The molecule has 78 valence electrons. The third-order valence-electron chi connectivity index (χ3n) is 2.58. The van der Waals surface area contributed by atoms with Crippen LogP contribution in [0.3, 0.4) is 0 Å². The Labute approximate surface area is 81.0 Å². The van der Waals surface area contributed by atoms with E-state index in [0.29, 0.717) is 6.04 Å². The van der Waals surface area contributed by atoms with Crippen LogP contribution >= 0.6 is 0 Å². The van der Waals surface area contributed by atoms with Gasteiger partial charge in [0.05, 0.1) is 5.60 Å². The van der Waals surface area contributed by atoms with E-state index in [9.17, 15) is 0 Å². The molecule has 0 amide bonds. The van der Waals surface area contributed by atoms with E-state index >= 15 is 0 Å². The Kier molecular flexibility index (Phi) is 4.16. The zero-order valence-corrected chi connectivity index (χ0v) is 8.81. The minimum absolute atomic E-state index is 0.0812. The predicted molar refractivity (Wildman–Crippen MR) is 54.7 cm³/mol. The molecule has 0 radical (unpaired) electrons. The van der Waals surface area contributed by atoms with E-state index in [1.165, 1.54) is 12.8 Å². The van der Waals surface area contributed by atoms with E-state index in [0.717, 1.165) is 26.1 Å². The first-order valence-electron chi connectivity index (χ1n) is 5.23. The van der Waals surface area contributed by atoms with Gasteiger partial charge in [0.2, 0.25) is 0 Å². The molecule has 1 rings (SSSR count). The van der Waals surface area contributed by atoms with Crippen LogP contribution in [0, 0.1) is 0 Å². The quantitative estimate of drug-likeness (QED) is 0.627. The Morgan fingerprint density at radius 2 is 2.38 bits per heavy atom. The summed E-state index contributed by atoms with van der Waals surface area (Å²) >= 11 is 0. The maximum Gasteiger partial charge on any atom is 0.0779 e. The number of rotatable bonds is 5. The van der Waals surface area contributed by atoms with Gasteiger partial charge in [-0.2, -0.15) is 0 Å². The third-order valence-corrected chi connectivity index (χ3v) is 2.58. The molecule has 0 aliphatic carbocycles. The van der Waals surface area contributed by atoms with Crippen molar-refractivity contribution in [2.75, 3.05) is 19.7 Å². The molecule has 1 aliphatic heterocycles. The third kappa shape index (κ3) is 4.07. The Morgan fingerprint density at radius 3 is 2.92 bits per heavy atom. The molecule has 0 bridgehead atoms. The van der Waals surface area contributed by atoms with Crippen LogP contribution in [0.2, 0.25) is 0 Å². The Balaban J connectivity index is 2.04. The fraction of sp³-hybridized carbons (Fsp3) is 1.00. The van der Waals surface area contributed by atoms with Gasteiger partial charge in [-0.1, -0.05) is 0 Å². The van der Waals surface area contributed by atoms with Crippen LogP contribution in [0.25, 0.3) is 0 Å². The monoisotopic (exact) mass is 186 g/mol. The van der Waals surface area contributed by atoms with Crippen LogP contribution in [-0.2, 0) is 4.74 Å². The number of hydrogen-bond acceptors (Lipinski definition) is 3. The van der Waals surface area contributed by atoms with Crippen molar-refractivity contribution >= 4 is 0 Å². The summed E-state index contributed by atoms with van der Waals surface area (Å²) in [5, 5.41) is 3.39. The molecule has 13 heavy (non-hydrogen) atoms. The van der Waals surface area contributed by atoms with Crippen molar-refractivity contribution in [3.8, 4) is 0 Å². The van der Waals surface area contributed by atoms with Gasteiger partial charge in [0, 0.05) is 19.2 Å². The number of hydrogen-bond donors (Lipinski definition) is 2. The zero-order chi connectivity index (χ0) is 9.73. The lowest BCUT2D eigenvalue weighted by Crippen LogP contribution is -2.38. The Bertz CT molecular complexity index is 142. The molecule has 0 spiro atoms. The van der Waals surface area contributed by atoms with Gasteiger partial charge >= 0.3 is 0 Å². The first-order chi connectivity index (χ1) is 6.12. The van der Waals surface area contributed by atoms with Crippen molar-refractivity contribution in [3.63, 3.8) is 0 Å². The van der Waals surface area contributed by atoms with Gasteiger partial charge in [-0.3, -0.25) is 0 Å². The molecule has 3 heteroatoms. The van der Waals surface area contributed by atoms with Crippen molar-refractivity contribution in [1.82, 2.24) is 5.32 Å². The first kappa shape index (κ1) is 11.0. The summed E-state index contributed by atoms with van der Waals surface area (Å²) in [6.45, 7) is 7.09. The van der Waals surface area contributed by atoms with Gasteiger partial charge in [-0.05, 0) is 39.7 Å². The Hall–Kier alpha value is -0.120. The fourth-order valence-corrected chi connectivity index (χ4v) is 1.66. The highest BCUT2D eigenvalue weighted by Crippen LogP contribution is 2.23. The van der Waals surface area contributed by atoms with Crippen molar-refractivity contribution in [2.24, 2.45) is 5.73 Å². The molecule has 2 atom stereocenters. The largest absolute Gasteiger partial charge is 0.374 e. The maximum atomic E-state index is 5.65. The van der Waals surface area contributed by atoms with E-state index in [1.54, 1.807) is 0 Å². The van der Waals surface area contributed by atoms with Crippen LogP contribution in [0.15, 0.2) is 0 Å².